The van der Waals surface area contributed by atoms with Crippen molar-refractivity contribution in [2.24, 2.45) is 5.41 Å². The third kappa shape index (κ3) is 3.58. The number of carbonyl (C=O) groups is 1. The van der Waals surface area contributed by atoms with E-state index in [0.29, 0.717) is 16.7 Å². The summed E-state index contributed by atoms with van der Waals surface area (Å²) in [6, 6.07) is 5.98. The number of hydrogen-bond acceptors (Lipinski definition) is 6. The van der Waals surface area contributed by atoms with E-state index in [9.17, 15) is 14.7 Å². The molecule has 1 unspecified atom stereocenters. The maximum absolute atomic E-state index is 13.2. The van der Waals surface area contributed by atoms with Gasteiger partial charge in [-0.15, -0.1) is 11.3 Å². The average Bonchev–Trinajstić information content (AvgIpc) is 3.54. The molecule has 1 fully saturated rings. The van der Waals surface area contributed by atoms with Crippen LogP contribution >= 0.6 is 11.3 Å². The molecule has 2 heterocycles. The van der Waals surface area contributed by atoms with Crippen LogP contribution in [0.15, 0.2) is 29.2 Å². The fourth-order valence-corrected chi connectivity index (χ4v) is 6.02. The number of aliphatic hydroxyl groups excluding tert-OH is 1. The van der Waals surface area contributed by atoms with Gasteiger partial charge in [0.2, 0.25) is 5.43 Å². The third-order valence-electron chi connectivity index (χ3n) is 6.93. The number of nitrogens with zero attached hydrogens (tertiary/aromatic N) is 1. The fourth-order valence-electron chi connectivity index (χ4n) is 4.81. The van der Waals surface area contributed by atoms with Crippen LogP contribution in [-0.2, 0) is 11.2 Å². The van der Waals surface area contributed by atoms with E-state index in [2.05, 4.69) is 19.9 Å². The lowest BCUT2D eigenvalue weighted by atomic mass is 9.74. The zero-order valence-electron chi connectivity index (χ0n) is 19.4. The number of benzene rings is 1. The molecule has 0 saturated heterocycles. The van der Waals surface area contributed by atoms with E-state index in [1.54, 1.807) is 37.6 Å². The highest BCUT2D eigenvalue weighted by atomic mass is 32.1. The molecule has 0 radical (unpaired) electrons. The van der Waals surface area contributed by atoms with Gasteiger partial charge in [-0.1, -0.05) is 13.8 Å². The molecular formula is C26H29NO5S. The number of aromatic nitrogens is 1. The number of methoxy groups -OCH3 is 1. The van der Waals surface area contributed by atoms with E-state index in [4.69, 9.17) is 9.47 Å². The number of rotatable bonds is 5. The highest BCUT2D eigenvalue weighted by molar-refractivity contribution is 7.15. The van der Waals surface area contributed by atoms with Crippen molar-refractivity contribution in [1.82, 2.24) is 4.57 Å². The summed E-state index contributed by atoms with van der Waals surface area (Å²) < 4.78 is 13.0. The fraction of sp³-hybridized carbons (Fsp3) is 0.462. The van der Waals surface area contributed by atoms with Crippen molar-refractivity contribution in [3.8, 4) is 16.2 Å². The Morgan fingerprint density at radius 3 is 2.73 bits per heavy atom. The Bertz CT molecular complexity index is 1310. The number of thiophene rings is 1. The van der Waals surface area contributed by atoms with Crippen LogP contribution in [0.1, 0.15) is 73.0 Å². The first-order valence-electron chi connectivity index (χ1n) is 11.5. The van der Waals surface area contributed by atoms with Crippen LogP contribution in [0, 0.1) is 5.41 Å². The van der Waals surface area contributed by atoms with Crippen molar-refractivity contribution in [2.45, 2.75) is 58.6 Å². The lowest BCUT2D eigenvalue weighted by Crippen LogP contribution is -2.26. The Kier molecular flexibility index (Phi) is 5.37. The van der Waals surface area contributed by atoms with Gasteiger partial charge in [0, 0.05) is 27.6 Å². The van der Waals surface area contributed by atoms with Crippen LogP contribution in [0.2, 0.25) is 0 Å². The van der Waals surface area contributed by atoms with Crippen molar-refractivity contribution in [3.05, 3.63) is 50.6 Å². The zero-order chi connectivity index (χ0) is 23.5. The lowest BCUT2D eigenvalue weighted by Gasteiger charge is -2.34. The molecule has 7 heteroatoms. The quantitative estimate of drug-likeness (QED) is 0.518. The summed E-state index contributed by atoms with van der Waals surface area (Å²) >= 11 is 1.68. The molecule has 174 valence electrons. The first kappa shape index (κ1) is 22.2. The van der Waals surface area contributed by atoms with Gasteiger partial charge in [0.25, 0.3) is 0 Å². The summed E-state index contributed by atoms with van der Waals surface area (Å²) in [5, 5.41) is 11.4. The SMILES string of the molecule is CCOC(=O)c1cn(C2CC2)c2c(OC)c(-c3cc4c(s3)CCC(C)(C)C4O)ccc2c1=O. The number of carbonyl (C=O) groups excluding carboxylic acids is 1. The second kappa shape index (κ2) is 7.99. The summed E-state index contributed by atoms with van der Waals surface area (Å²) in [7, 11) is 1.62. The van der Waals surface area contributed by atoms with Crippen molar-refractivity contribution in [1.29, 1.82) is 0 Å². The molecule has 1 saturated carbocycles. The molecule has 2 aliphatic rings. The van der Waals surface area contributed by atoms with Crippen LogP contribution < -0.4 is 10.2 Å². The molecule has 1 atom stereocenters. The van der Waals surface area contributed by atoms with Crippen molar-refractivity contribution >= 4 is 28.2 Å². The van der Waals surface area contributed by atoms with Gasteiger partial charge in [0.1, 0.15) is 5.56 Å². The zero-order valence-corrected chi connectivity index (χ0v) is 20.3. The summed E-state index contributed by atoms with van der Waals surface area (Å²) in [4.78, 5) is 27.9. The lowest BCUT2D eigenvalue weighted by molar-refractivity contribution is 0.0350. The summed E-state index contributed by atoms with van der Waals surface area (Å²) in [5.41, 5.74) is 2.16. The molecule has 2 aliphatic carbocycles. The molecule has 1 N–H and O–H groups in total. The minimum Gasteiger partial charge on any atom is -0.494 e. The van der Waals surface area contributed by atoms with Crippen LogP contribution in [0.4, 0.5) is 0 Å². The number of aliphatic hydroxyl groups is 1. The third-order valence-corrected chi connectivity index (χ3v) is 8.17. The molecule has 0 amide bonds. The second-order valence-electron chi connectivity index (χ2n) is 9.65. The molecule has 5 rings (SSSR count). The number of fused-ring (bicyclic) bond motifs is 2. The maximum Gasteiger partial charge on any atom is 0.343 e. The van der Waals surface area contributed by atoms with Crippen LogP contribution in [0.5, 0.6) is 5.75 Å². The predicted molar refractivity (Wildman–Crippen MR) is 129 cm³/mol. The average molecular weight is 468 g/mol. The standard InChI is InChI=1S/C26H29NO5S/c1-5-32-25(30)18-13-27(14-6-7-14)21-16(22(18)28)9-8-15(23(21)31-4)20-12-17-19(33-20)10-11-26(2,3)24(17)29/h8-9,12-14,24,29H,5-7,10-11H2,1-4H3. The molecule has 0 bridgehead atoms. The molecule has 3 aromatic rings. The van der Waals surface area contributed by atoms with Crippen molar-refractivity contribution in [3.63, 3.8) is 0 Å². The Morgan fingerprint density at radius 2 is 2.06 bits per heavy atom. The molecule has 0 spiro atoms. The molecule has 33 heavy (non-hydrogen) atoms. The van der Waals surface area contributed by atoms with E-state index in [0.717, 1.165) is 41.7 Å². The summed E-state index contributed by atoms with van der Waals surface area (Å²) in [6.45, 7) is 6.15. The van der Waals surface area contributed by atoms with Gasteiger partial charge in [0.05, 0.1) is 30.7 Å². The van der Waals surface area contributed by atoms with Gasteiger partial charge in [-0.05, 0) is 61.8 Å². The van der Waals surface area contributed by atoms with E-state index in [1.165, 1.54) is 4.88 Å². The van der Waals surface area contributed by atoms with Gasteiger partial charge in [0.15, 0.2) is 5.75 Å². The van der Waals surface area contributed by atoms with Crippen molar-refractivity contribution < 1.29 is 19.4 Å². The largest absolute Gasteiger partial charge is 0.494 e. The number of esters is 1. The Labute approximate surface area is 196 Å². The van der Waals surface area contributed by atoms with Gasteiger partial charge >= 0.3 is 5.97 Å². The number of pyridine rings is 1. The number of aryl methyl sites for hydroxylation is 1. The van der Waals surface area contributed by atoms with Crippen molar-refractivity contribution in [2.75, 3.05) is 13.7 Å². The van der Waals surface area contributed by atoms with Gasteiger partial charge in [-0.2, -0.15) is 0 Å². The Balaban J connectivity index is 1.72. The van der Waals surface area contributed by atoms with Crippen LogP contribution in [-0.4, -0.2) is 29.4 Å². The molecule has 1 aromatic carbocycles. The molecular weight excluding hydrogens is 438 g/mol. The topological polar surface area (TPSA) is 77.8 Å². The monoisotopic (exact) mass is 467 g/mol. The number of ether oxygens (including phenoxy) is 2. The normalized spacial score (nSPS) is 19.4. The van der Waals surface area contributed by atoms with E-state index < -0.39 is 12.1 Å². The van der Waals surface area contributed by atoms with Gasteiger partial charge in [-0.3, -0.25) is 4.79 Å². The van der Waals surface area contributed by atoms with Crippen LogP contribution in [0.3, 0.4) is 0 Å². The summed E-state index contributed by atoms with van der Waals surface area (Å²) in [5.74, 6) is 0.0311. The minimum atomic E-state index is -0.593. The highest BCUT2D eigenvalue weighted by Crippen LogP contribution is 2.50. The molecule has 6 nitrogen and oxygen atoms in total. The van der Waals surface area contributed by atoms with E-state index >= 15 is 0 Å². The smallest absolute Gasteiger partial charge is 0.343 e. The van der Waals surface area contributed by atoms with E-state index in [1.807, 2.05) is 10.6 Å². The first-order valence-corrected chi connectivity index (χ1v) is 12.3. The Morgan fingerprint density at radius 1 is 1.30 bits per heavy atom. The van der Waals surface area contributed by atoms with Crippen LogP contribution in [0.25, 0.3) is 21.3 Å². The van der Waals surface area contributed by atoms with Gasteiger partial charge < -0.3 is 19.1 Å². The Hall–Kier alpha value is -2.64. The van der Waals surface area contributed by atoms with Gasteiger partial charge in [-0.25, -0.2) is 4.79 Å². The second-order valence-corrected chi connectivity index (χ2v) is 10.8. The predicted octanol–water partition coefficient (Wildman–Crippen LogP) is 5.26. The molecule has 0 aliphatic heterocycles. The molecule has 2 aromatic heterocycles. The maximum atomic E-state index is 13.2. The minimum absolute atomic E-state index is 0.0583. The van der Waals surface area contributed by atoms with E-state index in [-0.39, 0.29) is 29.1 Å². The summed E-state index contributed by atoms with van der Waals surface area (Å²) in [6.07, 6.45) is 4.99. The highest BCUT2D eigenvalue weighted by Gasteiger charge is 2.36. The first-order chi connectivity index (χ1) is 15.8. The number of hydrogen-bond donors (Lipinski definition) is 1.